The van der Waals surface area contributed by atoms with Crippen LogP contribution in [-0.4, -0.2) is 52.7 Å². The van der Waals surface area contributed by atoms with Gasteiger partial charge < -0.3 is 20.1 Å². The number of hydrogen-bond donors (Lipinski definition) is 2. The number of para-hydroxylation sites is 1. The van der Waals surface area contributed by atoms with Crippen LogP contribution in [-0.2, 0) is 4.74 Å². The Morgan fingerprint density at radius 2 is 2.03 bits per heavy atom. The van der Waals surface area contributed by atoms with Crippen LogP contribution in [0.3, 0.4) is 0 Å². The van der Waals surface area contributed by atoms with Crippen molar-refractivity contribution in [2.45, 2.75) is 45.3 Å². The average molecular weight is 487 g/mol. The molecule has 1 aromatic carbocycles. The Morgan fingerprint density at radius 1 is 1.31 bits per heavy atom. The Hall–Kier alpha value is -3.53. The van der Waals surface area contributed by atoms with Gasteiger partial charge in [-0.1, -0.05) is 12.1 Å². The summed E-state index contributed by atoms with van der Waals surface area (Å²) in [6.45, 7) is 4.93. The van der Waals surface area contributed by atoms with Gasteiger partial charge in [0, 0.05) is 31.1 Å². The molecule has 1 saturated heterocycles. The summed E-state index contributed by atoms with van der Waals surface area (Å²) in [5.74, 6) is -3.94. The highest BCUT2D eigenvalue weighted by Gasteiger charge is 2.45. The number of carboxylic acid groups (broad SMARTS) is 1. The van der Waals surface area contributed by atoms with Gasteiger partial charge >= 0.3 is 5.97 Å². The van der Waals surface area contributed by atoms with Crippen molar-refractivity contribution in [3.8, 4) is 0 Å². The first kappa shape index (κ1) is 24.6. The maximum atomic E-state index is 14.6. The second-order valence-corrected chi connectivity index (χ2v) is 8.94. The zero-order chi connectivity index (χ0) is 25.5. The van der Waals surface area contributed by atoms with Gasteiger partial charge in [-0.2, -0.15) is 0 Å². The molecule has 2 aromatic heterocycles. The summed E-state index contributed by atoms with van der Waals surface area (Å²) in [6, 6.07) is 7.94. The number of nitrogens with one attached hydrogen (secondary N) is 1. The lowest BCUT2D eigenvalue weighted by atomic mass is 10.0. The summed E-state index contributed by atoms with van der Waals surface area (Å²) in [5, 5.41) is 12.7. The topological polar surface area (TPSA) is 96.2 Å². The van der Waals surface area contributed by atoms with Crippen LogP contribution in [0.1, 0.15) is 46.4 Å². The van der Waals surface area contributed by atoms with Gasteiger partial charge in [0.15, 0.2) is 0 Å². The second kappa shape index (κ2) is 9.26. The number of fused-ring (bicyclic) bond motifs is 1. The summed E-state index contributed by atoms with van der Waals surface area (Å²) < 4.78 is 35.6. The third-order valence-electron chi connectivity index (χ3n) is 6.40. The Kier molecular flexibility index (Phi) is 6.50. The Balaban J connectivity index is 1.80. The van der Waals surface area contributed by atoms with E-state index < -0.39 is 30.6 Å². The molecule has 1 aliphatic heterocycles. The number of ether oxygens (including phenoxy) is 1. The first-order chi connectivity index (χ1) is 16.5. The van der Waals surface area contributed by atoms with Crippen molar-refractivity contribution in [1.82, 2.24) is 9.38 Å². The van der Waals surface area contributed by atoms with Crippen molar-refractivity contribution >= 4 is 23.1 Å². The van der Waals surface area contributed by atoms with Gasteiger partial charge in [0.25, 0.3) is 11.5 Å². The Morgan fingerprint density at radius 3 is 2.69 bits per heavy atom. The number of aromatic nitrogens is 2. The molecule has 0 spiro atoms. The summed E-state index contributed by atoms with van der Waals surface area (Å²) in [5.41, 5.74) is 2.24. The molecule has 3 heterocycles. The van der Waals surface area contributed by atoms with E-state index in [2.05, 4.69) is 5.32 Å². The number of aromatic carboxylic acids is 1. The molecule has 186 valence electrons. The van der Waals surface area contributed by atoms with Gasteiger partial charge in [-0.25, -0.2) is 18.6 Å². The number of halogens is 2. The van der Waals surface area contributed by atoms with E-state index in [1.165, 1.54) is 22.5 Å². The minimum absolute atomic E-state index is 0.106. The van der Waals surface area contributed by atoms with Gasteiger partial charge in [-0.3, -0.25) is 9.20 Å². The maximum Gasteiger partial charge on any atom is 0.337 e. The van der Waals surface area contributed by atoms with E-state index in [0.717, 1.165) is 5.56 Å². The van der Waals surface area contributed by atoms with Crippen LogP contribution in [0.2, 0.25) is 0 Å². The van der Waals surface area contributed by atoms with Crippen molar-refractivity contribution in [3.63, 3.8) is 0 Å². The standard InChI is InChI=1S/C25H28F2N4O4/c1-14-11-18(16(3)28-19-8-6-5-7-17(19)24(33)34)22-29-21(15(2)23(32)31(22)12-14)30-10-9-20(35-4)25(26,27)13-30/h5-8,11-12,16,20,28H,9-10,13H2,1-4H3,(H,33,34)/t16-,20-/m1/s1. The molecular formula is C25H28F2N4O4. The van der Waals surface area contributed by atoms with E-state index in [1.807, 2.05) is 19.9 Å². The largest absolute Gasteiger partial charge is 0.478 e. The number of benzene rings is 1. The van der Waals surface area contributed by atoms with Crippen LogP contribution in [0.25, 0.3) is 5.65 Å². The molecule has 35 heavy (non-hydrogen) atoms. The molecule has 0 saturated carbocycles. The number of alkyl halides is 2. The number of carboxylic acids is 1. The van der Waals surface area contributed by atoms with Gasteiger partial charge in [0.05, 0.1) is 23.7 Å². The summed E-state index contributed by atoms with van der Waals surface area (Å²) in [7, 11) is 1.27. The lowest BCUT2D eigenvalue weighted by Gasteiger charge is -2.38. The number of anilines is 2. The number of aryl methyl sites for hydroxylation is 1. The Labute approximate surface area is 201 Å². The smallest absolute Gasteiger partial charge is 0.337 e. The third kappa shape index (κ3) is 4.58. The number of methoxy groups -OCH3 is 1. The number of piperidine rings is 1. The first-order valence-corrected chi connectivity index (χ1v) is 11.3. The summed E-state index contributed by atoms with van der Waals surface area (Å²) >= 11 is 0. The normalized spacial score (nSPS) is 18.5. The predicted molar refractivity (Wildman–Crippen MR) is 129 cm³/mol. The molecule has 0 radical (unpaired) electrons. The predicted octanol–water partition coefficient (Wildman–Crippen LogP) is 4.04. The molecular weight excluding hydrogens is 458 g/mol. The van der Waals surface area contributed by atoms with E-state index in [-0.39, 0.29) is 35.5 Å². The lowest BCUT2D eigenvalue weighted by Crippen LogP contribution is -2.53. The zero-order valence-electron chi connectivity index (χ0n) is 20.0. The van der Waals surface area contributed by atoms with E-state index in [0.29, 0.717) is 16.9 Å². The maximum absolute atomic E-state index is 14.6. The number of rotatable bonds is 6. The zero-order valence-corrected chi connectivity index (χ0v) is 20.0. The monoisotopic (exact) mass is 486 g/mol. The van der Waals surface area contributed by atoms with Crippen LogP contribution >= 0.6 is 0 Å². The highest BCUT2D eigenvalue weighted by Crippen LogP contribution is 2.33. The molecule has 0 unspecified atom stereocenters. The van der Waals surface area contributed by atoms with Crippen LogP contribution < -0.4 is 15.8 Å². The highest BCUT2D eigenvalue weighted by molar-refractivity contribution is 5.94. The highest BCUT2D eigenvalue weighted by atomic mass is 19.3. The summed E-state index contributed by atoms with van der Waals surface area (Å²) in [6.07, 6.45) is 0.584. The van der Waals surface area contributed by atoms with Gasteiger partial charge in [0.1, 0.15) is 17.6 Å². The number of nitrogens with zero attached hydrogens (tertiary/aromatic N) is 3. The minimum Gasteiger partial charge on any atom is -0.478 e. The number of pyridine rings is 1. The second-order valence-electron chi connectivity index (χ2n) is 8.94. The molecule has 2 N–H and O–H groups in total. The molecule has 0 bridgehead atoms. The molecule has 8 nitrogen and oxygen atoms in total. The van der Waals surface area contributed by atoms with Crippen molar-refractivity contribution in [2.24, 2.45) is 0 Å². The fraction of sp³-hybridized carbons (Fsp3) is 0.400. The van der Waals surface area contributed by atoms with Crippen molar-refractivity contribution in [3.05, 3.63) is 69.1 Å². The molecule has 0 aliphatic carbocycles. The van der Waals surface area contributed by atoms with Crippen LogP contribution in [0, 0.1) is 13.8 Å². The van der Waals surface area contributed by atoms with E-state index in [4.69, 9.17) is 9.72 Å². The lowest BCUT2D eigenvalue weighted by molar-refractivity contribution is -0.129. The van der Waals surface area contributed by atoms with Crippen LogP contribution in [0.4, 0.5) is 20.3 Å². The third-order valence-corrected chi connectivity index (χ3v) is 6.40. The SMILES string of the molecule is CO[C@@H]1CCN(c2nc3c([C@@H](C)Nc4ccccc4C(=O)O)cc(C)cn3c(=O)c2C)CC1(F)F. The Bertz CT molecular complexity index is 1340. The van der Waals surface area contributed by atoms with Gasteiger partial charge in [-0.15, -0.1) is 0 Å². The van der Waals surface area contributed by atoms with Gasteiger partial charge in [-0.05, 0) is 51.0 Å². The molecule has 0 amide bonds. The molecule has 3 aromatic rings. The molecule has 1 aliphatic rings. The number of hydrogen-bond acceptors (Lipinski definition) is 6. The van der Waals surface area contributed by atoms with E-state index >= 15 is 0 Å². The molecule has 4 rings (SSSR count). The number of carbonyl (C=O) groups is 1. The summed E-state index contributed by atoms with van der Waals surface area (Å²) in [4.78, 5) is 31.1. The van der Waals surface area contributed by atoms with Gasteiger partial charge in [0.2, 0.25) is 0 Å². The molecule has 10 heteroatoms. The quantitative estimate of drug-likeness (QED) is 0.543. The van der Waals surface area contributed by atoms with E-state index in [1.54, 1.807) is 31.3 Å². The average Bonchev–Trinajstić information content (AvgIpc) is 2.80. The fourth-order valence-corrected chi connectivity index (χ4v) is 4.61. The van der Waals surface area contributed by atoms with Crippen molar-refractivity contribution in [1.29, 1.82) is 0 Å². The van der Waals surface area contributed by atoms with Crippen LogP contribution in [0.15, 0.2) is 41.3 Å². The molecule has 2 atom stereocenters. The van der Waals surface area contributed by atoms with Crippen molar-refractivity contribution < 1.29 is 23.4 Å². The van der Waals surface area contributed by atoms with Crippen molar-refractivity contribution in [2.75, 3.05) is 30.4 Å². The van der Waals surface area contributed by atoms with Crippen LogP contribution in [0.5, 0.6) is 0 Å². The fourth-order valence-electron chi connectivity index (χ4n) is 4.61. The first-order valence-electron chi connectivity index (χ1n) is 11.3. The molecule has 1 fully saturated rings. The minimum atomic E-state index is -3.09. The van der Waals surface area contributed by atoms with E-state index in [9.17, 15) is 23.5 Å².